The van der Waals surface area contributed by atoms with E-state index in [-0.39, 0.29) is 6.04 Å². The molecule has 0 fully saturated rings. The van der Waals surface area contributed by atoms with Crippen LogP contribution in [-0.2, 0) is 0 Å². The fourth-order valence-electron chi connectivity index (χ4n) is 5.03. The summed E-state index contributed by atoms with van der Waals surface area (Å²) in [6.45, 7) is 5.20. The Morgan fingerprint density at radius 2 is 1.89 bits per heavy atom. The maximum Gasteiger partial charge on any atom is 0.110 e. The van der Waals surface area contributed by atoms with E-state index in [1.54, 1.807) is 6.34 Å². The lowest BCUT2D eigenvalue weighted by atomic mass is 9.99. The molecule has 6 nitrogen and oxygen atoms in total. The van der Waals surface area contributed by atoms with Crippen LogP contribution in [0.25, 0.3) is 53.1 Å². The van der Waals surface area contributed by atoms with Gasteiger partial charge in [-0.15, -0.1) is 11.3 Å². The van der Waals surface area contributed by atoms with Crippen LogP contribution < -0.4 is 5.32 Å². The van der Waals surface area contributed by atoms with E-state index in [0.29, 0.717) is 5.92 Å². The van der Waals surface area contributed by atoms with Gasteiger partial charge < -0.3 is 10.3 Å². The summed E-state index contributed by atoms with van der Waals surface area (Å²) in [6.07, 6.45) is 6.55. The predicted octanol–water partition coefficient (Wildman–Crippen LogP) is 6.73. The summed E-state index contributed by atoms with van der Waals surface area (Å²) in [6, 6.07) is 16.0. The zero-order valence-electron chi connectivity index (χ0n) is 19.5. The molecule has 0 aliphatic carbocycles. The Labute approximate surface area is 206 Å². The molecule has 2 atom stereocenters. The van der Waals surface area contributed by atoms with Crippen molar-refractivity contribution in [3.05, 3.63) is 66.2 Å². The minimum Gasteiger partial charge on any atom is -0.368 e. The fourth-order valence-corrected chi connectivity index (χ4v) is 6.14. The minimum atomic E-state index is 0.273. The Hall–Kier alpha value is -3.84. The summed E-state index contributed by atoms with van der Waals surface area (Å²) in [7, 11) is 0. The number of hydrogen-bond donors (Lipinski definition) is 2. The number of aromatic amines is 1. The molecular weight excluding hydrogens is 452 g/mol. The number of nitrogens with one attached hydrogen (secondary N) is 2. The Kier molecular flexibility index (Phi) is 4.60. The molecule has 0 amide bonds. The number of aromatic nitrogens is 4. The SMILES string of the molecule is CCC(C)c1nc2c3cnncc3c3cc(-c4cc5ccc(C6CN=CN6)cc5s4)ccc3c2[nH]1. The molecule has 3 aromatic carbocycles. The van der Waals surface area contributed by atoms with E-state index in [4.69, 9.17) is 4.98 Å². The summed E-state index contributed by atoms with van der Waals surface area (Å²) in [5, 5.41) is 17.5. The van der Waals surface area contributed by atoms with Gasteiger partial charge in [0, 0.05) is 31.7 Å². The van der Waals surface area contributed by atoms with Gasteiger partial charge in [0.25, 0.3) is 0 Å². The Balaban J connectivity index is 1.41. The highest BCUT2D eigenvalue weighted by Gasteiger charge is 2.18. The monoisotopic (exact) mass is 476 g/mol. The smallest absolute Gasteiger partial charge is 0.110 e. The topological polar surface area (TPSA) is 78.8 Å². The van der Waals surface area contributed by atoms with Gasteiger partial charge >= 0.3 is 0 Å². The molecule has 1 aliphatic heterocycles. The van der Waals surface area contributed by atoms with Crippen molar-refractivity contribution < 1.29 is 0 Å². The molecule has 6 aromatic rings. The van der Waals surface area contributed by atoms with E-state index in [2.05, 4.69) is 81.8 Å². The third-order valence-electron chi connectivity index (χ3n) is 7.25. The second kappa shape index (κ2) is 7.85. The Morgan fingerprint density at radius 3 is 2.71 bits per heavy atom. The van der Waals surface area contributed by atoms with E-state index in [1.807, 2.05) is 23.7 Å². The normalized spacial score (nSPS) is 16.6. The zero-order chi connectivity index (χ0) is 23.5. The van der Waals surface area contributed by atoms with Crippen molar-refractivity contribution in [3.8, 4) is 10.4 Å². The number of rotatable bonds is 4. The molecule has 7 rings (SSSR count). The highest BCUT2D eigenvalue weighted by atomic mass is 32.1. The number of imidazole rings is 1. The zero-order valence-corrected chi connectivity index (χ0v) is 20.4. The van der Waals surface area contributed by atoms with Crippen LogP contribution in [-0.4, -0.2) is 33.0 Å². The Morgan fingerprint density at radius 1 is 1.00 bits per heavy atom. The third-order valence-corrected chi connectivity index (χ3v) is 8.40. The van der Waals surface area contributed by atoms with Crippen LogP contribution in [0, 0.1) is 0 Å². The van der Waals surface area contributed by atoms with Gasteiger partial charge in [0.05, 0.1) is 42.4 Å². The van der Waals surface area contributed by atoms with Gasteiger partial charge in [-0.3, -0.25) is 4.99 Å². The van der Waals surface area contributed by atoms with Gasteiger partial charge in [-0.1, -0.05) is 38.1 Å². The van der Waals surface area contributed by atoms with Gasteiger partial charge in [0.2, 0.25) is 0 Å². The molecule has 0 bridgehead atoms. The van der Waals surface area contributed by atoms with E-state index in [9.17, 15) is 0 Å². The molecule has 0 saturated heterocycles. The van der Waals surface area contributed by atoms with Gasteiger partial charge in [-0.25, -0.2) is 4.98 Å². The molecule has 2 N–H and O–H groups in total. The second-order valence-corrected chi connectivity index (χ2v) is 10.4. The second-order valence-electron chi connectivity index (χ2n) is 9.35. The third kappa shape index (κ3) is 3.22. The average Bonchev–Trinajstić information content (AvgIpc) is 3.67. The molecular formula is C28H24N6S. The highest BCUT2D eigenvalue weighted by molar-refractivity contribution is 7.22. The van der Waals surface area contributed by atoms with Crippen LogP contribution in [0.3, 0.4) is 0 Å². The number of nitrogens with zero attached hydrogens (tertiary/aromatic N) is 4. The molecule has 1 aliphatic rings. The van der Waals surface area contributed by atoms with Crippen molar-refractivity contribution in [3.63, 3.8) is 0 Å². The van der Waals surface area contributed by atoms with Crippen molar-refractivity contribution >= 4 is 60.3 Å². The molecule has 7 heteroatoms. The summed E-state index contributed by atoms with van der Waals surface area (Å²) in [4.78, 5) is 14.2. The van der Waals surface area contributed by atoms with Crippen molar-refractivity contribution in [2.45, 2.75) is 32.2 Å². The van der Waals surface area contributed by atoms with Gasteiger partial charge in [-0.2, -0.15) is 10.2 Å². The Bertz CT molecular complexity index is 1770. The van der Waals surface area contributed by atoms with Gasteiger partial charge in [-0.05, 0) is 46.5 Å². The first-order chi connectivity index (χ1) is 17.2. The maximum atomic E-state index is 4.98. The molecule has 0 spiro atoms. The first-order valence-corrected chi connectivity index (χ1v) is 12.8. The number of hydrogen-bond acceptors (Lipinski definition) is 6. The minimum absolute atomic E-state index is 0.273. The first-order valence-electron chi connectivity index (χ1n) is 12.0. The van der Waals surface area contributed by atoms with E-state index in [1.165, 1.54) is 36.9 Å². The number of thiophene rings is 1. The van der Waals surface area contributed by atoms with E-state index < -0.39 is 0 Å². The number of H-pyrrole nitrogens is 1. The van der Waals surface area contributed by atoms with Crippen LogP contribution in [0.15, 0.2) is 59.9 Å². The van der Waals surface area contributed by atoms with Crippen LogP contribution >= 0.6 is 11.3 Å². The van der Waals surface area contributed by atoms with Crippen LogP contribution in [0.5, 0.6) is 0 Å². The molecule has 172 valence electrons. The van der Waals surface area contributed by atoms with Crippen LogP contribution in [0.2, 0.25) is 0 Å². The summed E-state index contributed by atoms with van der Waals surface area (Å²) in [5.41, 5.74) is 4.55. The number of fused-ring (bicyclic) bond motifs is 7. The molecule has 0 radical (unpaired) electrons. The predicted molar refractivity (Wildman–Crippen MR) is 145 cm³/mol. The number of aliphatic imine (C=N–C) groups is 1. The lowest BCUT2D eigenvalue weighted by Crippen LogP contribution is -2.14. The van der Waals surface area contributed by atoms with Crippen molar-refractivity contribution in [2.24, 2.45) is 4.99 Å². The maximum absolute atomic E-state index is 4.98. The first kappa shape index (κ1) is 20.5. The lowest BCUT2D eigenvalue weighted by Gasteiger charge is -2.09. The molecule has 35 heavy (non-hydrogen) atoms. The largest absolute Gasteiger partial charge is 0.368 e. The lowest BCUT2D eigenvalue weighted by molar-refractivity contribution is 0.692. The van der Waals surface area contributed by atoms with Gasteiger partial charge in [0.15, 0.2) is 0 Å². The fraction of sp³-hybridized carbons (Fsp3) is 0.214. The molecule has 3 aromatic heterocycles. The van der Waals surface area contributed by atoms with E-state index >= 15 is 0 Å². The highest BCUT2D eigenvalue weighted by Crippen LogP contribution is 2.40. The molecule has 4 heterocycles. The van der Waals surface area contributed by atoms with Crippen molar-refractivity contribution in [1.29, 1.82) is 0 Å². The van der Waals surface area contributed by atoms with Crippen LogP contribution in [0.4, 0.5) is 0 Å². The van der Waals surface area contributed by atoms with Crippen LogP contribution in [0.1, 0.15) is 43.6 Å². The van der Waals surface area contributed by atoms with Crippen molar-refractivity contribution in [1.82, 2.24) is 25.5 Å². The van der Waals surface area contributed by atoms with Crippen molar-refractivity contribution in [2.75, 3.05) is 6.54 Å². The standard InChI is InChI=1S/C28H24N6S/c1-3-15(2)28-33-26-19-7-6-17(8-20(19)21-11-31-32-12-22(21)27(26)34-28)25-10-18-5-4-16(9-24(18)35-25)23-13-29-14-30-23/h4-12,14-15,23H,3,13H2,1-2H3,(H,29,30)(H,33,34). The molecule has 2 unspecified atom stereocenters. The van der Waals surface area contributed by atoms with Gasteiger partial charge in [0.1, 0.15) is 5.82 Å². The summed E-state index contributed by atoms with van der Waals surface area (Å²) >= 11 is 1.84. The average molecular weight is 477 g/mol. The number of benzene rings is 3. The molecule has 0 saturated carbocycles. The summed E-state index contributed by atoms with van der Waals surface area (Å²) in [5.74, 6) is 1.40. The van der Waals surface area contributed by atoms with E-state index in [0.717, 1.165) is 40.6 Å². The quantitative estimate of drug-likeness (QED) is 0.277. The summed E-state index contributed by atoms with van der Waals surface area (Å²) < 4.78 is 1.30.